The van der Waals surface area contributed by atoms with Gasteiger partial charge in [-0.05, 0) is 6.42 Å². The molecule has 0 spiro atoms. The molecule has 1 aliphatic rings. The number of amidine groups is 1. The number of carboxylic acids is 1. The molecule has 3 N–H and O–H groups in total. The number of nitrogens with one attached hydrogen (secondary N) is 2. The zero-order chi connectivity index (χ0) is 8.97. The molecule has 1 aliphatic heterocycles. The van der Waals surface area contributed by atoms with Crippen molar-refractivity contribution in [2.75, 3.05) is 7.05 Å². The number of hydrogen-bond donors (Lipinski definition) is 3. The Morgan fingerprint density at radius 2 is 2.50 bits per heavy atom. The van der Waals surface area contributed by atoms with Gasteiger partial charge in [0.15, 0.2) is 0 Å². The predicted octanol–water partition coefficient (Wildman–Crippen LogP) is -0.491. The first-order valence-corrected chi connectivity index (χ1v) is 3.73. The number of hydrazone groups is 1. The number of carboxylic acid groups (broad SMARTS) is 1. The minimum atomic E-state index is -0.769. The average Bonchev–Trinajstić information content (AvgIpc) is 2.35. The molecule has 0 amide bonds. The topological polar surface area (TPSA) is 77.0 Å². The van der Waals surface area contributed by atoms with Crippen molar-refractivity contribution in [3.8, 4) is 0 Å². The highest BCUT2D eigenvalue weighted by Gasteiger charge is 2.08. The monoisotopic (exact) mass is 172 g/mol. The Morgan fingerprint density at radius 1 is 1.75 bits per heavy atom. The summed E-state index contributed by atoms with van der Waals surface area (Å²) in [7, 11) is 1.76. The first-order valence-electron chi connectivity index (χ1n) is 3.73. The second kappa shape index (κ2) is 3.91. The zero-order valence-electron chi connectivity index (χ0n) is 6.87. The maximum absolute atomic E-state index is 10.2. The summed E-state index contributed by atoms with van der Waals surface area (Å²) in [6.45, 7) is 0. The van der Waals surface area contributed by atoms with Crippen molar-refractivity contribution < 1.29 is 9.90 Å². The van der Waals surface area contributed by atoms with Gasteiger partial charge < -0.3 is 5.11 Å². The van der Waals surface area contributed by atoms with Crippen molar-refractivity contribution in [2.24, 2.45) is 5.10 Å². The van der Waals surface area contributed by atoms with E-state index in [-0.39, 0.29) is 6.42 Å². The van der Waals surface area contributed by atoms with Crippen LogP contribution in [-0.2, 0) is 4.79 Å². The third kappa shape index (κ3) is 2.75. The maximum atomic E-state index is 10.2. The van der Waals surface area contributed by atoms with E-state index in [1.54, 1.807) is 7.05 Å². The Hall–Kier alpha value is -1.30. The van der Waals surface area contributed by atoms with Crippen LogP contribution in [0.3, 0.4) is 0 Å². The molecule has 0 saturated heterocycles. The van der Waals surface area contributed by atoms with E-state index in [0.29, 0.717) is 12.8 Å². The minimum Gasteiger partial charge on any atom is -0.481 e. The van der Waals surface area contributed by atoms with E-state index < -0.39 is 5.97 Å². The molecule has 1 rings (SSSR count). The molecular formula is C6H12N4O2. The normalized spacial score (nSPS) is 15.8. The molecule has 6 nitrogen and oxygen atoms in total. The van der Waals surface area contributed by atoms with Crippen LogP contribution >= 0.6 is 0 Å². The number of aliphatic carboxylic acids is 1. The highest BCUT2D eigenvalue weighted by atomic mass is 16.4. The van der Waals surface area contributed by atoms with E-state index in [2.05, 4.69) is 16.1 Å². The van der Waals surface area contributed by atoms with Gasteiger partial charge in [0, 0.05) is 19.9 Å². The predicted molar refractivity (Wildman–Crippen MR) is 43.0 cm³/mol. The van der Waals surface area contributed by atoms with Gasteiger partial charge in [0.25, 0.3) is 0 Å². The van der Waals surface area contributed by atoms with Crippen molar-refractivity contribution in [2.45, 2.75) is 19.3 Å². The van der Waals surface area contributed by atoms with Crippen LogP contribution in [0.15, 0.2) is 5.10 Å². The minimum absolute atomic E-state index is 0.185. The van der Waals surface area contributed by atoms with Crippen molar-refractivity contribution in [3.63, 3.8) is 0 Å². The smallest absolute Gasteiger partial charge is 0.303 e. The Balaban J connectivity index is 2.15. The van der Waals surface area contributed by atoms with Crippen LogP contribution in [0.25, 0.3) is 0 Å². The molecule has 0 aromatic carbocycles. The molecule has 1 heterocycles. The summed E-state index contributed by atoms with van der Waals surface area (Å²) in [4.78, 5) is 10.2. The van der Waals surface area contributed by atoms with Crippen molar-refractivity contribution >= 4 is 11.8 Å². The number of hydrogen-bond acceptors (Lipinski definition) is 5. The highest BCUT2D eigenvalue weighted by Crippen LogP contribution is 1.99. The molecule has 12 heavy (non-hydrogen) atoms. The van der Waals surface area contributed by atoms with Crippen LogP contribution in [0.4, 0.5) is 0 Å². The number of nitrogens with zero attached hydrogens (tertiary/aromatic N) is 2. The van der Waals surface area contributed by atoms with Gasteiger partial charge in [-0.3, -0.25) is 10.2 Å². The van der Waals surface area contributed by atoms with Crippen molar-refractivity contribution in [1.29, 1.82) is 0 Å². The van der Waals surface area contributed by atoms with Crippen LogP contribution in [0.1, 0.15) is 19.3 Å². The van der Waals surface area contributed by atoms with E-state index >= 15 is 0 Å². The van der Waals surface area contributed by atoms with Crippen LogP contribution in [0.5, 0.6) is 0 Å². The second-order valence-electron chi connectivity index (χ2n) is 2.55. The van der Waals surface area contributed by atoms with Gasteiger partial charge in [-0.1, -0.05) is 0 Å². The maximum Gasteiger partial charge on any atom is 0.303 e. The van der Waals surface area contributed by atoms with Gasteiger partial charge in [-0.25, -0.2) is 5.12 Å². The molecule has 0 bridgehead atoms. The van der Waals surface area contributed by atoms with Gasteiger partial charge in [0.05, 0.1) is 0 Å². The molecule has 0 atom stereocenters. The van der Waals surface area contributed by atoms with Crippen LogP contribution in [-0.4, -0.2) is 29.1 Å². The molecule has 6 heteroatoms. The third-order valence-electron chi connectivity index (χ3n) is 1.44. The van der Waals surface area contributed by atoms with Gasteiger partial charge >= 0.3 is 5.97 Å². The summed E-state index contributed by atoms with van der Waals surface area (Å²) >= 11 is 0. The second-order valence-corrected chi connectivity index (χ2v) is 2.55. The van der Waals surface area contributed by atoms with Gasteiger partial charge in [-0.2, -0.15) is 0 Å². The summed E-state index contributed by atoms with van der Waals surface area (Å²) in [6, 6.07) is 0. The van der Waals surface area contributed by atoms with E-state index in [1.807, 2.05) is 0 Å². The SMILES string of the molecule is CN1N=C(CCCC(=O)O)NN1. The van der Waals surface area contributed by atoms with Crippen molar-refractivity contribution in [3.05, 3.63) is 0 Å². The number of rotatable bonds is 4. The Bertz CT molecular complexity index is 204. The Labute approximate surface area is 70.2 Å². The Kier molecular flexibility index (Phi) is 2.87. The largest absolute Gasteiger partial charge is 0.481 e. The fourth-order valence-corrected chi connectivity index (χ4v) is 0.896. The lowest BCUT2D eigenvalue weighted by atomic mass is 10.2. The number of carbonyl (C=O) groups is 1. The molecule has 0 aliphatic carbocycles. The fraction of sp³-hybridized carbons (Fsp3) is 0.667. The van der Waals surface area contributed by atoms with Crippen LogP contribution < -0.4 is 11.0 Å². The molecule has 0 fully saturated rings. The first-order chi connectivity index (χ1) is 5.68. The summed E-state index contributed by atoms with van der Waals surface area (Å²) in [5.74, 6) is 0.00802. The first kappa shape index (κ1) is 8.79. The van der Waals surface area contributed by atoms with E-state index in [1.165, 1.54) is 5.12 Å². The quantitative estimate of drug-likeness (QED) is 0.533. The van der Waals surface area contributed by atoms with E-state index in [9.17, 15) is 4.79 Å². The van der Waals surface area contributed by atoms with Crippen LogP contribution in [0, 0.1) is 0 Å². The van der Waals surface area contributed by atoms with E-state index in [0.717, 1.165) is 5.84 Å². The summed E-state index contributed by atoms with van der Waals surface area (Å²) in [6.07, 6.45) is 1.45. The summed E-state index contributed by atoms with van der Waals surface area (Å²) < 4.78 is 0. The van der Waals surface area contributed by atoms with Crippen LogP contribution in [0.2, 0.25) is 0 Å². The fourth-order valence-electron chi connectivity index (χ4n) is 0.896. The van der Waals surface area contributed by atoms with Gasteiger partial charge in [-0.15, -0.1) is 10.6 Å². The zero-order valence-corrected chi connectivity index (χ0v) is 6.87. The lowest BCUT2D eigenvalue weighted by Gasteiger charge is -2.02. The molecular weight excluding hydrogens is 160 g/mol. The van der Waals surface area contributed by atoms with E-state index in [4.69, 9.17) is 5.11 Å². The summed E-state index contributed by atoms with van der Waals surface area (Å²) in [5.41, 5.74) is 5.55. The molecule has 0 aromatic rings. The standard InChI is InChI=1S/C6H12N4O2/c1-10-8-5(7-9-10)3-2-4-6(11)12/h9H,2-4H2,1H3,(H,7,8)(H,11,12). The lowest BCUT2D eigenvalue weighted by Crippen LogP contribution is -2.36. The molecule has 0 radical (unpaired) electrons. The molecule has 68 valence electrons. The Morgan fingerprint density at radius 3 is 3.00 bits per heavy atom. The summed E-state index contributed by atoms with van der Waals surface area (Å²) in [5, 5.41) is 13.9. The third-order valence-corrected chi connectivity index (χ3v) is 1.44. The molecule has 0 saturated carbocycles. The lowest BCUT2D eigenvalue weighted by molar-refractivity contribution is -0.137. The highest BCUT2D eigenvalue weighted by molar-refractivity contribution is 5.82. The van der Waals surface area contributed by atoms with Gasteiger partial charge in [0.1, 0.15) is 5.84 Å². The van der Waals surface area contributed by atoms with Crippen molar-refractivity contribution in [1.82, 2.24) is 16.1 Å². The average molecular weight is 172 g/mol. The molecule has 0 unspecified atom stereocenters. The molecule has 0 aromatic heterocycles. The number of hydrazine groups is 2. The van der Waals surface area contributed by atoms with Gasteiger partial charge in [0.2, 0.25) is 0 Å².